The van der Waals surface area contributed by atoms with Gasteiger partial charge in [0.25, 0.3) is 0 Å². The number of aromatic nitrogens is 2. The molecule has 55 heavy (non-hydrogen) atoms. The average molecular weight is 779 g/mol. The van der Waals surface area contributed by atoms with Crippen molar-refractivity contribution in [1.82, 2.24) is 19.6 Å². The van der Waals surface area contributed by atoms with Gasteiger partial charge >= 0.3 is 5.97 Å². The number of rotatable bonds is 8. The largest absolute Gasteiger partial charge is 0.497 e. The molecule has 3 heterocycles. The second-order valence-corrected chi connectivity index (χ2v) is 19.5. The Bertz CT molecular complexity index is 1990. The predicted octanol–water partition coefficient (Wildman–Crippen LogP) is 5.09. The summed E-state index contributed by atoms with van der Waals surface area (Å²) in [6.07, 6.45) is 6.68. The van der Waals surface area contributed by atoms with Crippen LogP contribution in [0.25, 0.3) is 11.0 Å². The Morgan fingerprint density at radius 2 is 1.84 bits per heavy atom. The molecule has 0 spiro atoms. The summed E-state index contributed by atoms with van der Waals surface area (Å²) in [4.78, 5) is 68.0. The molecule has 3 aliphatic carbocycles. The van der Waals surface area contributed by atoms with Gasteiger partial charge in [-0.05, 0) is 74.3 Å². The third kappa shape index (κ3) is 8.11. The number of ketones is 1. The fraction of sp³-hybridized carbons (Fsp3) is 0.659. The summed E-state index contributed by atoms with van der Waals surface area (Å²) in [5.74, 6) is -2.46. The first-order valence-electron chi connectivity index (χ1n) is 19.8. The second-order valence-electron chi connectivity index (χ2n) is 17.5. The number of nitrogens with zero attached hydrogens (tertiary/aromatic N) is 3. The standard InChI is InChI=1S/C41H54N4O9S/c1-7-25-20-41(25,39(49)44-55(50,51)27-14-15-27)21-32(46)36-23(2)34-22-45(36)38(48)28(40(3,4)5)19-35(47)53-33-17-24(33)11-9-8-10-12-30-37(54-34)43-31-18-26(52-6)13-16-29(31)42-30/h7,13,16,18,23-25,27-28,33-34,36H,1,8-12,14-15,17,19-22H2,2-6H3,(H,44,49)/t23-,24-,25-,28-,33-,34+,36+,41-/m1/s1. The van der Waals surface area contributed by atoms with E-state index in [0.29, 0.717) is 53.5 Å². The maximum Gasteiger partial charge on any atom is 0.306 e. The number of nitrogens with one attached hydrogen (secondary N) is 1. The molecule has 2 amide bonds. The topological polar surface area (TPSA) is 171 Å². The van der Waals surface area contributed by atoms with Gasteiger partial charge in [0.05, 0.1) is 53.7 Å². The number of hydrogen-bond acceptors (Lipinski definition) is 11. The number of carbonyl (C=O) groups excluding carboxylic acids is 4. The number of esters is 1. The summed E-state index contributed by atoms with van der Waals surface area (Å²) in [5, 5.41) is -0.611. The fourth-order valence-electron chi connectivity index (χ4n) is 8.57. The number of ether oxygens (including phenoxy) is 3. The van der Waals surface area contributed by atoms with E-state index in [9.17, 15) is 27.6 Å². The van der Waals surface area contributed by atoms with Crippen LogP contribution in [0.1, 0.15) is 97.6 Å². The van der Waals surface area contributed by atoms with Crippen molar-refractivity contribution < 1.29 is 41.8 Å². The minimum atomic E-state index is -3.86. The van der Waals surface area contributed by atoms with Crippen molar-refractivity contribution in [2.75, 3.05) is 13.7 Å². The van der Waals surface area contributed by atoms with Gasteiger partial charge in [0.15, 0.2) is 5.78 Å². The summed E-state index contributed by atoms with van der Waals surface area (Å²) in [7, 11) is -2.28. The van der Waals surface area contributed by atoms with Crippen molar-refractivity contribution in [3.05, 3.63) is 36.5 Å². The molecule has 1 aromatic carbocycles. The summed E-state index contributed by atoms with van der Waals surface area (Å²) >= 11 is 0. The highest BCUT2D eigenvalue weighted by Crippen LogP contribution is 2.57. The van der Waals surface area contributed by atoms with E-state index in [-0.39, 0.29) is 43.6 Å². The third-order valence-electron chi connectivity index (χ3n) is 12.5. The maximum atomic E-state index is 14.8. The van der Waals surface area contributed by atoms with Crippen LogP contribution in [0, 0.1) is 34.5 Å². The van der Waals surface area contributed by atoms with Crippen molar-refractivity contribution >= 4 is 44.6 Å². The number of hydrogen-bond donors (Lipinski definition) is 1. The molecule has 2 aromatic rings. The summed E-state index contributed by atoms with van der Waals surface area (Å²) in [5.41, 5.74) is -0.0165. The van der Waals surface area contributed by atoms with Crippen molar-refractivity contribution in [3.8, 4) is 11.6 Å². The van der Waals surface area contributed by atoms with E-state index in [0.717, 1.165) is 32.1 Å². The first-order chi connectivity index (χ1) is 26.0. The van der Waals surface area contributed by atoms with Crippen LogP contribution in [0.3, 0.4) is 0 Å². The molecule has 13 nitrogen and oxygen atoms in total. The molecule has 5 aliphatic rings. The molecule has 1 saturated heterocycles. The van der Waals surface area contributed by atoms with E-state index < -0.39 is 67.9 Å². The molecule has 7 rings (SSSR count). The van der Waals surface area contributed by atoms with Gasteiger partial charge in [-0.3, -0.25) is 23.9 Å². The van der Waals surface area contributed by atoms with Crippen molar-refractivity contribution in [2.24, 2.45) is 34.5 Å². The van der Waals surface area contributed by atoms with Crippen LogP contribution < -0.4 is 14.2 Å². The normalized spacial score (nSPS) is 31.5. The Balaban J connectivity index is 1.24. The number of carbonyl (C=O) groups is 4. The quantitative estimate of drug-likeness (QED) is 0.280. The molecule has 0 unspecified atom stereocenters. The SMILES string of the molecule is C=C[C@@H]1C[C@]1(CC(=O)[C@@H]1[C@H](C)[C@@H]2CN1C(=O)[C@H](C(C)(C)C)CC(=O)O[C@@H]1C[C@H]1CCCCCc1nc3ccc(OC)cc3nc1O2)C(=O)NS(=O)(=O)C1CC1. The van der Waals surface area contributed by atoms with Crippen LogP contribution in [0.5, 0.6) is 11.6 Å². The molecule has 298 valence electrons. The van der Waals surface area contributed by atoms with Crippen molar-refractivity contribution in [1.29, 1.82) is 0 Å². The molecule has 1 aromatic heterocycles. The van der Waals surface area contributed by atoms with E-state index in [1.807, 2.05) is 39.8 Å². The monoisotopic (exact) mass is 778 g/mol. The lowest BCUT2D eigenvalue weighted by Crippen LogP contribution is -2.49. The van der Waals surface area contributed by atoms with Gasteiger partial charge in [0.1, 0.15) is 23.7 Å². The molecule has 2 aliphatic heterocycles. The molecule has 14 heteroatoms. The lowest BCUT2D eigenvalue weighted by molar-refractivity contribution is -0.154. The number of amides is 2. The predicted molar refractivity (Wildman–Crippen MR) is 203 cm³/mol. The lowest BCUT2D eigenvalue weighted by atomic mass is 9.77. The Labute approximate surface area is 323 Å². The van der Waals surface area contributed by atoms with E-state index in [4.69, 9.17) is 24.2 Å². The van der Waals surface area contributed by atoms with Gasteiger partial charge in [0, 0.05) is 18.4 Å². The number of allylic oxidation sites excluding steroid dienone is 1. The van der Waals surface area contributed by atoms with Crippen LogP contribution in [-0.4, -0.2) is 84.0 Å². The zero-order chi connectivity index (χ0) is 39.4. The summed E-state index contributed by atoms with van der Waals surface area (Å²) < 4.78 is 45.9. The average Bonchev–Trinajstić information content (AvgIpc) is 4.04. The van der Waals surface area contributed by atoms with Gasteiger partial charge in [-0.25, -0.2) is 18.4 Å². The molecule has 8 atom stereocenters. The maximum absolute atomic E-state index is 14.8. The zero-order valence-electron chi connectivity index (χ0n) is 32.5. The Morgan fingerprint density at radius 1 is 1.07 bits per heavy atom. The minimum Gasteiger partial charge on any atom is -0.497 e. The van der Waals surface area contributed by atoms with E-state index in [2.05, 4.69) is 11.3 Å². The second kappa shape index (κ2) is 14.8. The highest BCUT2D eigenvalue weighted by atomic mass is 32.2. The number of aryl methyl sites for hydroxylation is 1. The Morgan fingerprint density at radius 3 is 2.51 bits per heavy atom. The first kappa shape index (κ1) is 39.2. The van der Waals surface area contributed by atoms with Crippen LogP contribution in [0.15, 0.2) is 30.9 Å². The molecule has 3 saturated carbocycles. The summed E-state index contributed by atoms with van der Waals surface area (Å²) in [6, 6.07) is 4.45. The number of fused-ring (bicyclic) bond motifs is 5. The first-order valence-corrected chi connectivity index (χ1v) is 21.3. The van der Waals surface area contributed by atoms with Crippen molar-refractivity contribution in [2.45, 2.75) is 122 Å². The molecule has 0 radical (unpaired) electrons. The molecule has 4 fully saturated rings. The van der Waals surface area contributed by atoms with Gasteiger partial charge in [-0.15, -0.1) is 6.58 Å². The van der Waals surface area contributed by atoms with E-state index in [1.54, 1.807) is 19.3 Å². The minimum absolute atomic E-state index is 0.0279. The fourth-order valence-corrected chi connectivity index (χ4v) is 9.95. The number of sulfonamides is 1. The molecule has 2 bridgehead atoms. The number of methoxy groups -OCH3 is 1. The van der Waals surface area contributed by atoms with Crippen LogP contribution in [-0.2, 0) is 40.4 Å². The van der Waals surface area contributed by atoms with Crippen LogP contribution >= 0.6 is 0 Å². The third-order valence-corrected chi connectivity index (χ3v) is 14.3. The van der Waals surface area contributed by atoms with Crippen LogP contribution in [0.4, 0.5) is 0 Å². The highest BCUT2D eigenvalue weighted by molar-refractivity contribution is 7.90. The van der Waals surface area contributed by atoms with Gasteiger partial charge < -0.3 is 19.1 Å². The molecule has 1 N–H and O–H groups in total. The molecular weight excluding hydrogens is 725 g/mol. The Hall–Kier alpha value is -4.07. The van der Waals surface area contributed by atoms with Gasteiger partial charge in [-0.2, -0.15) is 0 Å². The smallest absolute Gasteiger partial charge is 0.306 e. The molecular formula is C41H54N4O9S. The Kier molecular flexibility index (Phi) is 10.5. The van der Waals surface area contributed by atoms with E-state index in [1.165, 1.54) is 4.90 Å². The van der Waals surface area contributed by atoms with Crippen LogP contribution in [0.2, 0.25) is 0 Å². The lowest BCUT2D eigenvalue weighted by Gasteiger charge is -2.35. The van der Waals surface area contributed by atoms with Gasteiger partial charge in [0.2, 0.25) is 27.7 Å². The van der Waals surface area contributed by atoms with E-state index >= 15 is 0 Å². The summed E-state index contributed by atoms with van der Waals surface area (Å²) in [6.45, 7) is 11.4. The number of Topliss-reactive ketones (excluding diaryl/α,β-unsaturated/α-hetero) is 1. The number of benzene rings is 1. The highest BCUT2D eigenvalue weighted by Gasteiger charge is 2.62. The zero-order valence-corrected chi connectivity index (χ0v) is 33.4. The van der Waals surface area contributed by atoms with Gasteiger partial charge in [-0.1, -0.05) is 46.6 Å². The van der Waals surface area contributed by atoms with Crippen molar-refractivity contribution in [3.63, 3.8) is 0 Å².